The van der Waals surface area contributed by atoms with Crippen LogP contribution in [0.2, 0.25) is 5.15 Å². The fourth-order valence-corrected chi connectivity index (χ4v) is 2.97. The molecule has 0 saturated carbocycles. The number of likely N-dealkylation sites (tertiary alicyclic amines) is 1. The lowest BCUT2D eigenvalue weighted by molar-refractivity contribution is 0.194. The highest BCUT2D eigenvalue weighted by atomic mass is 35.5. The van der Waals surface area contributed by atoms with Crippen LogP contribution in [-0.4, -0.2) is 33.2 Å². The molecule has 0 spiro atoms. The topological polar surface area (TPSA) is 67.4 Å². The van der Waals surface area contributed by atoms with E-state index >= 15 is 0 Å². The molecule has 1 aromatic heterocycles. The Morgan fingerprint density at radius 1 is 1.12 bits per heavy atom. The summed E-state index contributed by atoms with van der Waals surface area (Å²) in [5.74, 6) is 0.962. The van der Waals surface area contributed by atoms with Gasteiger partial charge in [0, 0.05) is 23.8 Å². The molecule has 1 saturated heterocycles. The lowest BCUT2D eigenvalue weighted by atomic mass is 10.2. The average molecular weight is 347 g/mol. The Bertz CT molecular complexity index is 696. The second-order valence-corrected chi connectivity index (χ2v) is 6.32. The SMILES string of the molecule is CC1CCC(C)N1C(=O)Nc1ccc(Oc2ccc(Cl)nn2)cc1. The number of carbonyl (C=O) groups is 1. The Morgan fingerprint density at radius 2 is 1.79 bits per heavy atom. The number of hydrogen-bond acceptors (Lipinski definition) is 4. The van der Waals surface area contributed by atoms with Gasteiger partial charge in [-0.1, -0.05) is 11.6 Å². The molecule has 2 amide bonds. The van der Waals surface area contributed by atoms with Gasteiger partial charge >= 0.3 is 6.03 Å². The van der Waals surface area contributed by atoms with Crippen molar-refractivity contribution in [2.75, 3.05) is 5.32 Å². The van der Waals surface area contributed by atoms with Crippen molar-refractivity contribution in [1.82, 2.24) is 15.1 Å². The fraction of sp³-hybridized carbons (Fsp3) is 0.353. The number of nitrogens with zero attached hydrogens (tertiary/aromatic N) is 3. The molecule has 2 heterocycles. The van der Waals surface area contributed by atoms with Crippen molar-refractivity contribution in [3.8, 4) is 11.6 Å². The molecule has 1 N–H and O–H groups in total. The Labute approximate surface area is 145 Å². The van der Waals surface area contributed by atoms with Crippen LogP contribution in [0.25, 0.3) is 0 Å². The minimum absolute atomic E-state index is 0.0651. The molecule has 7 heteroatoms. The number of ether oxygens (including phenoxy) is 1. The number of hydrogen-bond donors (Lipinski definition) is 1. The first-order chi connectivity index (χ1) is 11.5. The third kappa shape index (κ3) is 3.76. The van der Waals surface area contributed by atoms with Crippen LogP contribution in [0.4, 0.5) is 10.5 Å². The van der Waals surface area contributed by atoms with E-state index in [1.165, 1.54) is 0 Å². The molecule has 2 unspecified atom stereocenters. The number of urea groups is 1. The molecular formula is C17H19ClN4O2. The minimum atomic E-state index is -0.0651. The van der Waals surface area contributed by atoms with Crippen LogP contribution < -0.4 is 10.1 Å². The first-order valence-electron chi connectivity index (χ1n) is 7.89. The molecule has 1 fully saturated rings. The van der Waals surface area contributed by atoms with Gasteiger partial charge in [0.1, 0.15) is 5.75 Å². The minimum Gasteiger partial charge on any atom is -0.438 e. The van der Waals surface area contributed by atoms with Crippen molar-refractivity contribution >= 4 is 23.3 Å². The van der Waals surface area contributed by atoms with E-state index in [9.17, 15) is 4.79 Å². The summed E-state index contributed by atoms with van der Waals surface area (Å²) in [7, 11) is 0. The second-order valence-electron chi connectivity index (χ2n) is 5.93. The molecule has 24 heavy (non-hydrogen) atoms. The molecule has 126 valence electrons. The summed E-state index contributed by atoms with van der Waals surface area (Å²) in [4.78, 5) is 14.3. The molecule has 0 radical (unpaired) electrons. The third-order valence-electron chi connectivity index (χ3n) is 4.12. The molecule has 1 aromatic carbocycles. The van der Waals surface area contributed by atoms with Gasteiger partial charge in [-0.05, 0) is 57.0 Å². The Morgan fingerprint density at radius 3 is 2.38 bits per heavy atom. The van der Waals surface area contributed by atoms with E-state index in [0.717, 1.165) is 18.5 Å². The molecule has 1 aliphatic heterocycles. The predicted octanol–water partition coefficient (Wildman–Crippen LogP) is 4.33. The zero-order valence-corrected chi connectivity index (χ0v) is 14.3. The van der Waals surface area contributed by atoms with Gasteiger partial charge in [0.25, 0.3) is 0 Å². The van der Waals surface area contributed by atoms with Crippen molar-refractivity contribution in [2.24, 2.45) is 0 Å². The number of anilines is 1. The Kier molecular flexibility index (Phi) is 4.85. The second kappa shape index (κ2) is 7.05. The summed E-state index contributed by atoms with van der Waals surface area (Å²) in [5, 5.41) is 10.8. The number of benzene rings is 1. The van der Waals surface area contributed by atoms with Crippen LogP contribution >= 0.6 is 11.6 Å². The van der Waals surface area contributed by atoms with Crippen molar-refractivity contribution in [2.45, 2.75) is 38.8 Å². The van der Waals surface area contributed by atoms with Crippen molar-refractivity contribution in [3.63, 3.8) is 0 Å². The maximum Gasteiger partial charge on any atom is 0.322 e. The van der Waals surface area contributed by atoms with E-state index in [0.29, 0.717) is 16.8 Å². The molecule has 6 nitrogen and oxygen atoms in total. The van der Waals surface area contributed by atoms with Crippen LogP contribution in [-0.2, 0) is 0 Å². The van der Waals surface area contributed by atoms with Gasteiger partial charge in [-0.3, -0.25) is 0 Å². The fourth-order valence-electron chi connectivity index (χ4n) is 2.87. The van der Waals surface area contributed by atoms with Crippen LogP contribution in [0.15, 0.2) is 36.4 Å². The van der Waals surface area contributed by atoms with Crippen molar-refractivity contribution in [3.05, 3.63) is 41.6 Å². The molecule has 0 aliphatic carbocycles. The van der Waals surface area contributed by atoms with Gasteiger partial charge in [-0.25, -0.2) is 4.79 Å². The molecule has 0 bridgehead atoms. The highest BCUT2D eigenvalue weighted by Gasteiger charge is 2.31. The number of amides is 2. The number of carbonyl (C=O) groups excluding carboxylic acids is 1. The number of nitrogens with one attached hydrogen (secondary N) is 1. The van der Waals surface area contributed by atoms with E-state index in [2.05, 4.69) is 29.4 Å². The van der Waals surface area contributed by atoms with Crippen LogP contribution in [0, 0.1) is 0 Å². The summed E-state index contributed by atoms with van der Waals surface area (Å²) in [6, 6.07) is 10.8. The molecule has 2 atom stereocenters. The smallest absolute Gasteiger partial charge is 0.322 e. The van der Waals surface area contributed by atoms with Crippen molar-refractivity contribution < 1.29 is 9.53 Å². The maximum absolute atomic E-state index is 12.4. The maximum atomic E-state index is 12.4. The van der Waals surface area contributed by atoms with Gasteiger partial charge in [-0.15, -0.1) is 10.2 Å². The highest BCUT2D eigenvalue weighted by molar-refractivity contribution is 6.29. The lowest BCUT2D eigenvalue weighted by Gasteiger charge is -2.26. The molecular weight excluding hydrogens is 328 g/mol. The Hall–Kier alpha value is -2.34. The number of halogens is 1. The van der Waals surface area contributed by atoms with E-state index < -0.39 is 0 Å². The van der Waals surface area contributed by atoms with Gasteiger partial charge in [0.05, 0.1) is 0 Å². The predicted molar refractivity (Wildman–Crippen MR) is 92.6 cm³/mol. The van der Waals surface area contributed by atoms with Crippen LogP contribution in [0.1, 0.15) is 26.7 Å². The highest BCUT2D eigenvalue weighted by Crippen LogP contribution is 2.25. The van der Waals surface area contributed by atoms with E-state index in [1.54, 1.807) is 36.4 Å². The summed E-state index contributed by atoms with van der Waals surface area (Å²) in [5.41, 5.74) is 0.723. The van der Waals surface area contributed by atoms with Gasteiger partial charge in [-0.2, -0.15) is 0 Å². The molecule has 1 aliphatic rings. The standard InChI is InChI=1S/C17H19ClN4O2/c1-11-3-4-12(2)22(11)17(23)19-13-5-7-14(8-6-13)24-16-10-9-15(18)20-21-16/h5-12H,3-4H2,1-2H3,(H,19,23). The van der Waals surface area contributed by atoms with Crippen molar-refractivity contribution in [1.29, 1.82) is 0 Å². The van der Waals surface area contributed by atoms with Crippen LogP contribution in [0.5, 0.6) is 11.6 Å². The summed E-state index contributed by atoms with van der Waals surface area (Å²) in [6.07, 6.45) is 2.09. The number of rotatable bonds is 3. The summed E-state index contributed by atoms with van der Waals surface area (Å²) >= 11 is 5.68. The van der Waals surface area contributed by atoms with Gasteiger partial charge in [0.15, 0.2) is 5.15 Å². The lowest BCUT2D eigenvalue weighted by Crippen LogP contribution is -2.41. The van der Waals surface area contributed by atoms with Crippen LogP contribution in [0.3, 0.4) is 0 Å². The van der Waals surface area contributed by atoms with E-state index in [-0.39, 0.29) is 18.1 Å². The first-order valence-corrected chi connectivity index (χ1v) is 8.27. The quantitative estimate of drug-likeness (QED) is 0.898. The first kappa shape index (κ1) is 16.5. The summed E-state index contributed by atoms with van der Waals surface area (Å²) < 4.78 is 5.57. The Balaban J connectivity index is 1.62. The summed E-state index contributed by atoms with van der Waals surface area (Å²) in [6.45, 7) is 4.15. The molecule has 2 aromatic rings. The monoisotopic (exact) mass is 346 g/mol. The van der Waals surface area contributed by atoms with Gasteiger partial charge < -0.3 is 15.0 Å². The third-order valence-corrected chi connectivity index (χ3v) is 4.32. The van der Waals surface area contributed by atoms with E-state index in [4.69, 9.17) is 16.3 Å². The molecule has 3 rings (SSSR count). The largest absolute Gasteiger partial charge is 0.438 e. The van der Waals surface area contributed by atoms with Gasteiger partial charge in [0.2, 0.25) is 5.88 Å². The average Bonchev–Trinajstić information content (AvgIpc) is 2.90. The normalized spacial score (nSPS) is 20.0. The number of aromatic nitrogens is 2. The van der Waals surface area contributed by atoms with E-state index in [1.807, 2.05) is 4.90 Å². The zero-order valence-electron chi connectivity index (χ0n) is 13.6. The zero-order chi connectivity index (χ0) is 17.1.